The molecule has 0 heterocycles. The Bertz CT molecular complexity index is 1020. The standard InChI is InChI=1S/C17H9F9N2O4/c18-8-2-1-3-9(19)12(8)13(29)28-14(30)27-7-4-5-11(10(20)6-7)32-17(25,26)15(21,31)16(22,23)24/h1-6,31H,(H2,27,28,29,30). The Kier molecular flexibility index (Phi) is 6.63. The predicted octanol–water partition coefficient (Wildman–Crippen LogP) is 4.26. The molecule has 0 spiro atoms. The quantitative estimate of drug-likeness (QED) is 0.563. The van der Waals surface area contributed by atoms with Crippen molar-refractivity contribution in [3.8, 4) is 5.75 Å². The molecule has 0 aliphatic rings. The maximum absolute atomic E-state index is 13.9. The molecule has 0 fully saturated rings. The number of hydrogen-bond donors (Lipinski definition) is 3. The topological polar surface area (TPSA) is 87.7 Å². The summed E-state index contributed by atoms with van der Waals surface area (Å²) in [5.41, 5.74) is -1.72. The van der Waals surface area contributed by atoms with E-state index in [1.165, 1.54) is 5.32 Å². The third-order valence-electron chi connectivity index (χ3n) is 3.61. The van der Waals surface area contributed by atoms with Crippen molar-refractivity contribution >= 4 is 17.6 Å². The number of imide groups is 1. The summed E-state index contributed by atoms with van der Waals surface area (Å²) in [5.74, 6) is -13.8. The van der Waals surface area contributed by atoms with Crippen LogP contribution in [-0.2, 0) is 0 Å². The van der Waals surface area contributed by atoms with Gasteiger partial charge in [0.1, 0.15) is 17.2 Å². The van der Waals surface area contributed by atoms with E-state index in [0.29, 0.717) is 6.07 Å². The van der Waals surface area contributed by atoms with Crippen LogP contribution in [0, 0.1) is 17.5 Å². The third-order valence-corrected chi connectivity index (χ3v) is 3.61. The Balaban J connectivity index is 2.12. The molecule has 0 aliphatic heterocycles. The largest absolute Gasteiger partial charge is 0.469 e. The second kappa shape index (κ2) is 8.57. The molecular weight excluding hydrogens is 467 g/mol. The van der Waals surface area contributed by atoms with Gasteiger partial charge in [0.05, 0.1) is 0 Å². The van der Waals surface area contributed by atoms with Gasteiger partial charge in [-0.05, 0) is 24.3 Å². The van der Waals surface area contributed by atoms with E-state index in [-0.39, 0.29) is 12.1 Å². The van der Waals surface area contributed by atoms with Crippen molar-refractivity contribution in [2.24, 2.45) is 0 Å². The fourth-order valence-corrected chi connectivity index (χ4v) is 2.07. The van der Waals surface area contributed by atoms with Crippen molar-refractivity contribution in [2.75, 3.05) is 5.32 Å². The van der Waals surface area contributed by atoms with E-state index >= 15 is 0 Å². The number of amides is 3. The molecule has 2 rings (SSSR count). The summed E-state index contributed by atoms with van der Waals surface area (Å²) in [4.78, 5) is 23.5. The fraction of sp³-hybridized carbons (Fsp3) is 0.176. The van der Waals surface area contributed by atoms with Crippen LogP contribution in [0.2, 0.25) is 0 Å². The smallest absolute Gasteiger partial charge is 0.425 e. The van der Waals surface area contributed by atoms with E-state index in [1.807, 2.05) is 0 Å². The van der Waals surface area contributed by atoms with Gasteiger partial charge in [0, 0.05) is 11.8 Å². The fourth-order valence-electron chi connectivity index (χ4n) is 2.07. The van der Waals surface area contributed by atoms with E-state index in [2.05, 4.69) is 4.74 Å². The molecule has 0 radical (unpaired) electrons. The van der Waals surface area contributed by atoms with Crippen LogP contribution in [0.3, 0.4) is 0 Å². The predicted molar refractivity (Wildman–Crippen MR) is 86.9 cm³/mol. The van der Waals surface area contributed by atoms with Crippen molar-refractivity contribution in [1.82, 2.24) is 5.32 Å². The molecule has 32 heavy (non-hydrogen) atoms. The average molecular weight is 476 g/mol. The monoisotopic (exact) mass is 476 g/mol. The maximum Gasteiger partial charge on any atom is 0.469 e. The molecule has 3 amide bonds. The summed E-state index contributed by atoms with van der Waals surface area (Å²) in [7, 11) is 0. The van der Waals surface area contributed by atoms with Gasteiger partial charge in [-0.15, -0.1) is 0 Å². The minimum absolute atomic E-state index is 0.212. The van der Waals surface area contributed by atoms with Gasteiger partial charge in [0.2, 0.25) is 0 Å². The number of carbonyl (C=O) groups is 2. The first-order chi connectivity index (χ1) is 14.6. The molecule has 0 saturated heterocycles. The molecule has 2 aromatic rings. The van der Waals surface area contributed by atoms with Gasteiger partial charge in [-0.3, -0.25) is 10.1 Å². The maximum atomic E-state index is 13.9. The number of rotatable bonds is 5. The normalized spacial score (nSPS) is 13.8. The van der Waals surface area contributed by atoms with Crippen LogP contribution < -0.4 is 15.4 Å². The number of carbonyl (C=O) groups excluding carboxylic acids is 2. The van der Waals surface area contributed by atoms with Gasteiger partial charge in [-0.2, -0.15) is 26.3 Å². The highest BCUT2D eigenvalue weighted by Crippen LogP contribution is 2.44. The molecule has 0 aliphatic carbocycles. The molecule has 2 aromatic carbocycles. The van der Waals surface area contributed by atoms with Crippen LogP contribution in [0.1, 0.15) is 10.4 Å². The van der Waals surface area contributed by atoms with Gasteiger partial charge in [0.15, 0.2) is 11.6 Å². The Morgan fingerprint density at radius 3 is 1.94 bits per heavy atom. The molecular formula is C17H9F9N2O4. The van der Waals surface area contributed by atoms with Crippen molar-refractivity contribution in [1.29, 1.82) is 0 Å². The highest BCUT2D eigenvalue weighted by Gasteiger charge is 2.73. The van der Waals surface area contributed by atoms with Crippen LogP contribution in [-0.4, -0.2) is 35.2 Å². The second-order valence-electron chi connectivity index (χ2n) is 5.89. The van der Waals surface area contributed by atoms with Crippen LogP contribution in [0.15, 0.2) is 36.4 Å². The first-order valence-electron chi connectivity index (χ1n) is 7.97. The van der Waals surface area contributed by atoms with Gasteiger partial charge in [0.25, 0.3) is 5.91 Å². The van der Waals surface area contributed by atoms with E-state index in [1.54, 1.807) is 5.32 Å². The number of nitrogens with one attached hydrogen (secondary N) is 2. The third kappa shape index (κ3) is 5.04. The molecule has 6 nitrogen and oxygen atoms in total. The van der Waals surface area contributed by atoms with Gasteiger partial charge < -0.3 is 15.2 Å². The molecule has 1 unspecified atom stereocenters. The minimum Gasteiger partial charge on any atom is -0.425 e. The Morgan fingerprint density at radius 1 is 0.875 bits per heavy atom. The number of urea groups is 1. The highest BCUT2D eigenvalue weighted by molar-refractivity contribution is 6.08. The summed E-state index contributed by atoms with van der Waals surface area (Å²) in [5, 5.41) is 11.6. The van der Waals surface area contributed by atoms with E-state index in [4.69, 9.17) is 5.11 Å². The van der Waals surface area contributed by atoms with Crippen LogP contribution in [0.4, 0.5) is 50.0 Å². The molecule has 0 bridgehead atoms. The number of anilines is 1. The average Bonchev–Trinajstić information content (AvgIpc) is 2.62. The van der Waals surface area contributed by atoms with Crippen LogP contribution in [0.5, 0.6) is 5.75 Å². The zero-order valence-electron chi connectivity index (χ0n) is 15.0. The molecule has 0 aromatic heterocycles. The number of benzene rings is 2. The van der Waals surface area contributed by atoms with E-state index in [0.717, 1.165) is 18.2 Å². The number of hydrogen-bond acceptors (Lipinski definition) is 4. The summed E-state index contributed by atoms with van der Waals surface area (Å²) in [6.45, 7) is 0. The lowest BCUT2D eigenvalue weighted by atomic mass is 10.2. The lowest BCUT2D eigenvalue weighted by Gasteiger charge is -2.29. The zero-order chi connectivity index (χ0) is 24.5. The van der Waals surface area contributed by atoms with Crippen molar-refractivity contribution < 1.29 is 58.9 Å². The summed E-state index contributed by atoms with van der Waals surface area (Å²) < 4.78 is 121. The van der Waals surface area contributed by atoms with E-state index < -0.39 is 64.5 Å². The molecule has 3 N–H and O–H groups in total. The first-order valence-corrected chi connectivity index (χ1v) is 7.97. The Labute approximate surface area is 171 Å². The lowest BCUT2D eigenvalue weighted by molar-refractivity contribution is -0.429. The Hall–Kier alpha value is -3.49. The van der Waals surface area contributed by atoms with Crippen LogP contribution in [0.25, 0.3) is 0 Å². The van der Waals surface area contributed by atoms with Crippen LogP contribution >= 0.6 is 0 Å². The number of aliphatic hydroxyl groups is 1. The summed E-state index contributed by atoms with van der Waals surface area (Å²) in [6.07, 6.45) is -12.5. The SMILES string of the molecule is O=C(NC(=O)c1c(F)cccc1F)Nc1ccc(OC(F)(F)C(O)(F)C(F)(F)F)c(F)c1. The summed E-state index contributed by atoms with van der Waals surface area (Å²) >= 11 is 0. The highest BCUT2D eigenvalue weighted by atomic mass is 19.4. The van der Waals surface area contributed by atoms with Crippen molar-refractivity contribution in [3.05, 3.63) is 59.4 Å². The van der Waals surface area contributed by atoms with Crippen molar-refractivity contribution in [2.45, 2.75) is 18.1 Å². The molecule has 15 heteroatoms. The van der Waals surface area contributed by atoms with Gasteiger partial charge in [-0.25, -0.2) is 18.0 Å². The number of ether oxygens (including phenoxy) is 1. The van der Waals surface area contributed by atoms with Gasteiger partial charge >= 0.3 is 24.2 Å². The van der Waals surface area contributed by atoms with Gasteiger partial charge in [-0.1, -0.05) is 6.07 Å². The first kappa shape index (κ1) is 24.8. The summed E-state index contributed by atoms with van der Waals surface area (Å²) in [6, 6.07) is 1.94. The number of alkyl halides is 6. The second-order valence-corrected chi connectivity index (χ2v) is 5.89. The molecule has 174 valence electrons. The minimum atomic E-state index is -6.49. The van der Waals surface area contributed by atoms with E-state index in [9.17, 15) is 49.1 Å². The lowest BCUT2D eigenvalue weighted by Crippen LogP contribution is -2.58. The molecule has 0 saturated carbocycles. The number of halogens is 9. The van der Waals surface area contributed by atoms with Crippen molar-refractivity contribution in [3.63, 3.8) is 0 Å². The molecule has 1 atom stereocenters. The zero-order valence-corrected chi connectivity index (χ0v) is 15.0. The Morgan fingerprint density at radius 2 is 1.44 bits per heavy atom.